The molecule has 0 saturated heterocycles. The fraction of sp³-hybridized carbons (Fsp3) is 0.929. The van der Waals surface area contributed by atoms with Crippen LogP contribution in [0.15, 0.2) is 0 Å². The Labute approximate surface area is 111 Å². The van der Waals surface area contributed by atoms with Crippen LogP contribution in [-0.2, 0) is 4.79 Å². The molecule has 0 aliphatic heterocycles. The van der Waals surface area contributed by atoms with Gasteiger partial charge in [0.1, 0.15) is 0 Å². The average Bonchev–Trinajstić information content (AvgIpc) is 2.13. The largest absolute Gasteiger partial charge is 0.389 e. The number of carbonyl (C=O) groups is 1. The highest BCUT2D eigenvalue weighted by Crippen LogP contribution is 2.28. The molecule has 0 atom stereocenters. The average molecular weight is 256 g/mol. The monoisotopic (exact) mass is 256 g/mol. The van der Waals surface area contributed by atoms with E-state index in [4.69, 9.17) is 0 Å². The normalized spacial score (nSPS) is 19.9. The first-order chi connectivity index (χ1) is 8.20. The highest BCUT2D eigenvalue weighted by molar-refractivity contribution is 5.78. The second-order valence-corrected chi connectivity index (χ2v) is 6.76. The minimum Gasteiger partial charge on any atom is -0.389 e. The van der Waals surface area contributed by atoms with Crippen molar-refractivity contribution in [1.29, 1.82) is 0 Å². The van der Waals surface area contributed by atoms with Crippen LogP contribution in [0.1, 0.15) is 52.9 Å². The topological polar surface area (TPSA) is 52.6 Å². The van der Waals surface area contributed by atoms with Crippen LogP contribution in [0, 0.1) is 0 Å². The first-order valence-corrected chi connectivity index (χ1v) is 6.92. The summed E-state index contributed by atoms with van der Waals surface area (Å²) in [5.41, 5.74) is -0.783. The maximum Gasteiger partial charge on any atom is 0.234 e. The quantitative estimate of drug-likeness (QED) is 0.802. The molecule has 0 spiro atoms. The molecule has 0 radical (unpaired) electrons. The smallest absolute Gasteiger partial charge is 0.234 e. The summed E-state index contributed by atoms with van der Waals surface area (Å²) in [6, 6.07) is 0. The summed E-state index contributed by atoms with van der Waals surface area (Å²) >= 11 is 0. The van der Waals surface area contributed by atoms with Crippen molar-refractivity contribution >= 4 is 5.91 Å². The molecule has 18 heavy (non-hydrogen) atoms. The Bertz CT molecular complexity index is 278. The molecule has 2 N–H and O–H groups in total. The van der Waals surface area contributed by atoms with Crippen molar-refractivity contribution in [2.45, 2.75) is 64.0 Å². The number of aliphatic hydroxyl groups is 1. The summed E-state index contributed by atoms with van der Waals surface area (Å²) in [5.74, 6) is 0.0180. The van der Waals surface area contributed by atoms with E-state index in [-0.39, 0.29) is 11.4 Å². The molecular formula is C14H28N2O2. The van der Waals surface area contributed by atoms with Crippen molar-refractivity contribution < 1.29 is 9.90 Å². The molecule has 4 heteroatoms. The number of rotatable bonds is 4. The van der Waals surface area contributed by atoms with E-state index in [0.717, 1.165) is 25.7 Å². The van der Waals surface area contributed by atoms with Gasteiger partial charge in [-0.3, -0.25) is 9.69 Å². The lowest BCUT2D eigenvalue weighted by Gasteiger charge is -2.35. The van der Waals surface area contributed by atoms with E-state index in [1.54, 1.807) is 0 Å². The molecule has 0 heterocycles. The SMILES string of the molecule is CN(CC(=O)NC(C)(C)C)CC1(O)CCCCC1. The second-order valence-electron chi connectivity index (χ2n) is 6.76. The van der Waals surface area contributed by atoms with Gasteiger partial charge in [-0.1, -0.05) is 19.3 Å². The highest BCUT2D eigenvalue weighted by Gasteiger charge is 2.30. The zero-order valence-corrected chi connectivity index (χ0v) is 12.3. The molecule has 4 nitrogen and oxygen atoms in total. The van der Waals surface area contributed by atoms with Gasteiger partial charge >= 0.3 is 0 Å². The fourth-order valence-corrected chi connectivity index (χ4v) is 2.63. The molecule has 1 aliphatic carbocycles. The lowest BCUT2D eigenvalue weighted by molar-refractivity contribution is -0.124. The lowest BCUT2D eigenvalue weighted by Crippen LogP contribution is -2.49. The molecule has 1 fully saturated rings. The van der Waals surface area contributed by atoms with Gasteiger partial charge < -0.3 is 10.4 Å². The third kappa shape index (κ3) is 5.83. The maximum absolute atomic E-state index is 11.8. The number of likely N-dealkylation sites (N-methyl/N-ethyl adjacent to an activating group) is 1. The van der Waals surface area contributed by atoms with E-state index < -0.39 is 5.60 Å². The number of amides is 1. The van der Waals surface area contributed by atoms with Gasteiger partial charge in [0, 0.05) is 12.1 Å². The van der Waals surface area contributed by atoms with Crippen molar-refractivity contribution in [2.75, 3.05) is 20.1 Å². The molecule has 1 aliphatic rings. The third-order valence-corrected chi connectivity index (χ3v) is 3.28. The molecule has 106 valence electrons. The zero-order chi connectivity index (χ0) is 13.8. The Hall–Kier alpha value is -0.610. The van der Waals surface area contributed by atoms with Gasteiger partial charge in [-0.2, -0.15) is 0 Å². The van der Waals surface area contributed by atoms with Gasteiger partial charge in [0.25, 0.3) is 0 Å². The van der Waals surface area contributed by atoms with E-state index in [1.807, 2.05) is 32.7 Å². The van der Waals surface area contributed by atoms with Gasteiger partial charge in [-0.25, -0.2) is 0 Å². The number of nitrogens with zero attached hydrogens (tertiary/aromatic N) is 1. The summed E-state index contributed by atoms with van der Waals surface area (Å²) in [6.45, 7) is 6.85. The Kier molecular flexibility index (Phi) is 5.17. The van der Waals surface area contributed by atoms with E-state index in [2.05, 4.69) is 5.32 Å². The molecule has 0 aromatic heterocycles. The molecule has 0 unspecified atom stereocenters. The van der Waals surface area contributed by atoms with Gasteiger partial charge in [0.2, 0.25) is 5.91 Å². The van der Waals surface area contributed by atoms with E-state index in [9.17, 15) is 9.90 Å². The standard InChI is InChI=1S/C14H28N2O2/c1-13(2,3)15-12(17)10-16(4)11-14(18)8-6-5-7-9-14/h18H,5-11H2,1-4H3,(H,15,17). The molecule has 0 aromatic carbocycles. The molecule has 1 rings (SSSR count). The Morgan fingerprint density at radius 1 is 1.28 bits per heavy atom. The summed E-state index contributed by atoms with van der Waals surface area (Å²) in [5, 5.41) is 13.4. The first kappa shape index (κ1) is 15.4. The van der Waals surface area contributed by atoms with Gasteiger partial charge in [-0.15, -0.1) is 0 Å². The van der Waals surface area contributed by atoms with E-state index in [0.29, 0.717) is 13.1 Å². The van der Waals surface area contributed by atoms with Crippen LogP contribution in [0.4, 0.5) is 0 Å². The van der Waals surface area contributed by atoms with Crippen LogP contribution in [0.2, 0.25) is 0 Å². The van der Waals surface area contributed by atoms with Gasteiger partial charge in [0.15, 0.2) is 0 Å². The Morgan fingerprint density at radius 2 is 1.83 bits per heavy atom. The maximum atomic E-state index is 11.8. The van der Waals surface area contributed by atoms with Crippen molar-refractivity contribution in [3.63, 3.8) is 0 Å². The van der Waals surface area contributed by atoms with Crippen molar-refractivity contribution in [3.05, 3.63) is 0 Å². The summed E-state index contributed by atoms with van der Waals surface area (Å²) in [7, 11) is 1.90. The predicted octanol–water partition coefficient (Wildman–Crippen LogP) is 1.53. The third-order valence-electron chi connectivity index (χ3n) is 3.28. The van der Waals surface area contributed by atoms with Crippen LogP contribution < -0.4 is 5.32 Å². The van der Waals surface area contributed by atoms with Crippen molar-refractivity contribution in [3.8, 4) is 0 Å². The number of carbonyl (C=O) groups excluding carboxylic acids is 1. The molecule has 0 aromatic rings. The molecule has 1 saturated carbocycles. The van der Waals surface area contributed by atoms with Crippen LogP contribution >= 0.6 is 0 Å². The van der Waals surface area contributed by atoms with Crippen molar-refractivity contribution in [2.24, 2.45) is 0 Å². The minimum atomic E-state index is -0.588. The van der Waals surface area contributed by atoms with Crippen LogP contribution in [0.25, 0.3) is 0 Å². The van der Waals surface area contributed by atoms with Crippen LogP contribution in [-0.4, -0.2) is 47.2 Å². The summed E-state index contributed by atoms with van der Waals surface area (Å²) in [6.07, 6.45) is 5.13. The van der Waals surface area contributed by atoms with E-state index in [1.165, 1.54) is 6.42 Å². The molecule has 0 bridgehead atoms. The highest BCUT2D eigenvalue weighted by atomic mass is 16.3. The summed E-state index contributed by atoms with van der Waals surface area (Å²) in [4.78, 5) is 13.7. The minimum absolute atomic E-state index is 0.0180. The molecular weight excluding hydrogens is 228 g/mol. The Balaban J connectivity index is 2.36. The first-order valence-electron chi connectivity index (χ1n) is 6.92. The number of hydrogen-bond donors (Lipinski definition) is 2. The Morgan fingerprint density at radius 3 is 2.33 bits per heavy atom. The number of nitrogens with one attached hydrogen (secondary N) is 1. The number of hydrogen-bond acceptors (Lipinski definition) is 3. The van der Waals surface area contributed by atoms with Crippen LogP contribution in [0.5, 0.6) is 0 Å². The lowest BCUT2D eigenvalue weighted by atomic mass is 9.84. The van der Waals surface area contributed by atoms with Crippen molar-refractivity contribution in [1.82, 2.24) is 10.2 Å². The zero-order valence-electron chi connectivity index (χ0n) is 12.3. The molecule has 1 amide bonds. The van der Waals surface area contributed by atoms with Gasteiger partial charge in [0.05, 0.1) is 12.1 Å². The second kappa shape index (κ2) is 6.02. The van der Waals surface area contributed by atoms with Crippen LogP contribution in [0.3, 0.4) is 0 Å². The van der Waals surface area contributed by atoms with Gasteiger partial charge in [-0.05, 0) is 40.7 Å². The predicted molar refractivity (Wildman–Crippen MR) is 73.4 cm³/mol. The fourth-order valence-electron chi connectivity index (χ4n) is 2.63. The summed E-state index contributed by atoms with van der Waals surface area (Å²) < 4.78 is 0. The van der Waals surface area contributed by atoms with E-state index >= 15 is 0 Å².